The average molecular weight is 288 g/mol. The summed E-state index contributed by atoms with van der Waals surface area (Å²) in [6.45, 7) is 0.704. The van der Waals surface area contributed by atoms with Crippen LogP contribution in [0.3, 0.4) is 0 Å². The molecule has 2 N–H and O–H groups in total. The summed E-state index contributed by atoms with van der Waals surface area (Å²) in [6.07, 6.45) is 2.27. The molecule has 0 radical (unpaired) electrons. The standard InChI is InChI=1S/C17H18ClNO/c1-20-16-4-2-3-15(18)17(16)12-7-5-11-6-8-13(10-19)14(11)9-12/h2-5,7,9,13H,6,8,10,19H2,1H3. The number of nitrogens with two attached hydrogens (primary N) is 1. The van der Waals surface area contributed by atoms with Gasteiger partial charge in [0.15, 0.2) is 0 Å². The Hall–Kier alpha value is -1.51. The summed E-state index contributed by atoms with van der Waals surface area (Å²) in [5, 5.41) is 0.714. The van der Waals surface area contributed by atoms with Crippen molar-refractivity contribution < 1.29 is 4.74 Å². The van der Waals surface area contributed by atoms with Crippen LogP contribution in [0.2, 0.25) is 5.02 Å². The van der Waals surface area contributed by atoms with Gasteiger partial charge in [-0.25, -0.2) is 0 Å². The Morgan fingerprint density at radius 1 is 1.30 bits per heavy atom. The van der Waals surface area contributed by atoms with Gasteiger partial charge in [-0.2, -0.15) is 0 Å². The third-order valence-electron chi connectivity index (χ3n) is 4.12. The Kier molecular flexibility index (Phi) is 3.68. The molecular formula is C17H18ClNO. The topological polar surface area (TPSA) is 35.2 Å². The molecule has 0 heterocycles. The summed E-state index contributed by atoms with van der Waals surface area (Å²) in [7, 11) is 1.67. The highest BCUT2D eigenvalue weighted by atomic mass is 35.5. The number of aryl methyl sites for hydroxylation is 1. The molecule has 0 fully saturated rings. The lowest BCUT2D eigenvalue weighted by Crippen LogP contribution is -2.09. The second kappa shape index (κ2) is 5.47. The summed E-state index contributed by atoms with van der Waals surface area (Å²) in [5.74, 6) is 1.28. The van der Waals surface area contributed by atoms with Crippen LogP contribution in [0.25, 0.3) is 11.1 Å². The van der Waals surface area contributed by atoms with Gasteiger partial charge in [-0.05, 0) is 54.1 Å². The summed E-state index contributed by atoms with van der Waals surface area (Å²) in [4.78, 5) is 0. The van der Waals surface area contributed by atoms with E-state index < -0.39 is 0 Å². The fraction of sp³-hybridized carbons (Fsp3) is 0.294. The monoisotopic (exact) mass is 287 g/mol. The van der Waals surface area contributed by atoms with Crippen molar-refractivity contribution in [1.29, 1.82) is 0 Å². The highest BCUT2D eigenvalue weighted by Gasteiger charge is 2.22. The molecule has 1 aliphatic carbocycles. The van der Waals surface area contributed by atoms with Gasteiger partial charge in [-0.1, -0.05) is 35.9 Å². The molecule has 104 valence electrons. The summed E-state index contributed by atoms with van der Waals surface area (Å²) in [6, 6.07) is 12.3. The molecule has 0 saturated carbocycles. The van der Waals surface area contributed by atoms with E-state index in [0.717, 1.165) is 29.7 Å². The van der Waals surface area contributed by atoms with E-state index in [4.69, 9.17) is 22.1 Å². The zero-order valence-corrected chi connectivity index (χ0v) is 12.3. The zero-order valence-electron chi connectivity index (χ0n) is 11.5. The van der Waals surface area contributed by atoms with Crippen molar-refractivity contribution in [1.82, 2.24) is 0 Å². The van der Waals surface area contributed by atoms with Crippen molar-refractivity contribution >= 4 is 11.6 Å². The van der Waals surface area contributed by atoms with Gasteiger partial charge in [-0.15, -0.1) is 0 Å². The molecule has 0 aromatic heterocycles. The van der Waals surface area contributed by atoms with E-state index in [1.54, 1.807) is 7.11 Å². The van der Waals surface area contributed by atoms with Crippen LogP contribution in [0, 0.1) is 0 Å². The first-order valence-electron chi connectivity index (χ1n) is 6.90. The second-order valence-corrected chi connectivity index (χ2v) is 5.61. The second-order valence-electron chi connectivity index (χ2n) is 5.20. The van der Waals surface area contributed by atoms with Crippen LogP contribution >= 0.6 is 11.6 Å². The van der Waals surface area contributed by atoms with Crippen molar-refractivity contribution in [3.05, 3.63) is 52.5 Å². The Balaban J connectivity index is 2.13. The average Bonchev–Trinajstić information content (AvgIpc) is 2.89. The highest BCUT2D eigenvalue weighted by molar-refractivity contribution is 6.33. The van der Waals surface area contributed by atoms with Crippen molar-refractivity contribution in [2.75, 3.05) is 13.7 Å². The molecule has 3 rings (SSSR count). The molecule has 0 spiro atoms. The third kappa shape index (κ3) is 2.19. The lowest BCUT2D eigenvalue weighted by Gasteiger charge is -2.14. The van der Waals surface area contributed by atoms with Crippen LogP contribution in [-0.2, 0) is 6.42 Å². The van der Waals surface area contributed by atoms with Gasteiger partial charge >= 0.3 is 0 Å². The van der Waals surface area contributed by atoms with Gasteiger partial charge in [0.25, 0.3) is 0 Å². The van der Waals surface area contributed by atoms with Crippen molar-refractivity contribution in [2.24, 2.45) is 5.73 Å². The normalized spacial score (nSPS) is 17.1. The van der Waals surface area contributed by atoms with Crippen LogP contribution in [0.1, 0.15) is 23.5 Å². The first kappa shape index (κ1) is 13.5. The molecule has 2 aromatic rings. The molecule has 0 bridgehead atoms. The lowest BCUT2D eigenvalue weighted by molar-refractivity contribution is 0.416. The number of hydrogen-bond acceptors (Lipinski definition) is 2. The van der Waals surface area contributed by atoms with Crippen LogP contribution in [0.4, 0.5) is 0 Å². The highest BCUT2D eigenvalue weighted by Crippen LogP contribution is 2.40. The first-order chi connectivity index (χ1) is 9.74. The number of benzene rings is 2. The summed E-state index contributed by atoms with van der Waals surface area (Å²) < 4.78 is 5.44. The molecule has 2 nitrogen and oxygen atoms in total. The summed E-state index contributed by atoms with van der Waals surface area (Å²) in [5.41, 5.74) is 10.7. The van der Waals surface area contributed by atoms with Gasteiger partial charge < -0.3 is 10.5 Å². The number of ether oxygens (including phenoxy) is 1. The zero-order chi connectivity index (χ0) is 14.1. The number of halogens is 1. The molecule has 1 aliphatic rings. The van der Waals surface area contributed by atoms with Crippen molar-refractivity contribution in [3.63, 3.8) is 0 Å². The molecular weight excluding hydrogens is 270 g/mol. The minimum atomic E-state index is 0.471. The Labute approximate surface area is 124 Å². The predicted octanol–water partition coefficient (Wildman–Crippen LogP) is 4.00. The molecule has 1 atom stereocenters. The van der Waals surface area contributed by atoms with E-state index in [0.29, 0.717) is 17.5 Å². The maximum absolute atomic E-state index is 6.36. The number of methoxy groups -OCH3 is 1. The molecule has 0 saturated heterocycles. The maximum atomic E-state index is 6.36. The van der Waals surface area contributed by atoms with E-state index in [2.05, 4.69) is 18.2 Å². The van der Waals surface area contributed by atoms with E-state index in [1.165, 1.54) is 11.1 Å². The molecule has 0 amide bonds. The summed E-state index contributed by atoms with van der Waals surface area (Å²) >= 11 is 6.36. The molecule has 1 unspecified atom stereocenters. The third-order valence-corrected chi connectivity index (χ3v) is 4.43. The number of fused-ring (bicyclic) bond motifs is 1. The van der Waals surface area contributed by atoms with Crippen molar-refractivity contribution in [2.45, 2.75) is 18.8 Å². The smallest absolute Gasteiger partial charge is 0.128 e. The largest absolute Gasteiger partial charge is 0.496 e. The predicted molar refractivity (Wildman–Crippen MR) is 83.6 cm³/mol. The maximum Gasteiger partial charge on any atom is 0.128 e. The molecule has 3 heteroatoms. The molecule has 20 heavy (non-hydrogen) atoms. The van der Waals surface area contributed by atoms with Crippen LogP contribution < -0.4 is 10.5 Å². The van der Waals surface area contributed by atoms with Crippen LogP contribution in [-0.4, -0.2) is 13.7 Å². The van der Waals surface area contributed by atoms with Gasteiger partial charge in [-0.3, -0.25) is 0 Å². The van der Waals surface area contributed by atoms with E-state index in [9.17, 15) is 0 Å². The van der Waals surface area contributed by atoms with Gasteiger partial charge in [0.1, 0.15) is 5.75 Å². The fourth-order valence-electron chi connectivity index (χ4n) is 3.04. The first-order valence-corrected chi connectivity index (χ1v) is 7.28. The minimum Gasteiger partial charge on any atom is -0.496 e. The molecule has 2 aromatic carbocycles. The SMILES string of the molecule is COc1cccc(Cl)c1-c1ccc2c(c1)C(CN)CC2. The van der Waals surface area contributed by atoms with Gasteiger partial charge in [0.2, 0.25) is 0 Å². The van der Waals surface area contributed by atoms with Crippen molar-refractivity contribution in [3.8, 4) is 16.9 Å². The Morgan fingerprint density at radius 2 is 2.15 bits per heavy atom. The Morgan fingerprint density at radius 3 is 2.90 bits per heavy atom. The lowest BCUT2D eigenvalue weighted by atomic mass is 9.96. The minimum absolute atomic E-state index is 0.471. The van der Waals surface area contributed by atoms with E-state index in [-0.39, 0.29) is 0 Å². The van der Waals surface area contributed by atoms with Crippen LogP contribution in [0.15, 0.2) is 36.4 Å². The molecule has 0 aliphatic heterocycles. The van der Waals surface area contributed by atoms with Gasteiger partial charge in [0, 0.05) is 5.56 Å². The number of hydrogen-bond donors (Lipinski definition) is 1. The van der Waals surface area contributed by atoms with E-state index in [1.807, 2.05) is 18.2 Å². The van der Waals surface area contributed by atoms with Crippen LogP contribution in [0.5, 0.6) is 5.75 Å². The fourth-order valence-corrected chi connectivity index (χ4v) is 3.32. The van der Waals surface area contributed by atoms with E-state index >= 15 is 0 Å². The number of rotatable bonds is 3. The van der Waals surface area contributed by atoms with Gasteiger partial charge in [0.05, 0.1) is 12.1 Å². The Bertz CT molecular complexity index is 639. The quantitative estimate of drug-likeness (QED) is 0.926.